The number of nitrogens with one attached hydrogen (secondary N) is 1. The highest BCUT2D eigenvalue weighted by Crippen LogP contribution is 2.18. The van der Waals surface area contributed by atoms with E-state index in [4.69, 9.17) is 4.74 Å². The molecule has 1 aromatic carbocycles. The number of ether oxygens (including phenoxy) is 1. The van der Waals surface area contributed by atoms with E-state index in [0.29, 0.717) is 12.2 Å². The molecule has 0 saturated heterocycles. The maximum Gasteiger partial charge on any atom is 0.226 e. The Morgan fingerprint density at radius 1 is 1.11 bits per heavy atom. The van der Waals surface area contributed by atoms with E-state index in [9.17, 15) is 4.79 Å². The number of benzene rings is 1. The Labute approximate surface area is 162 Å². The molecule has 3 heterocycles. The fourth-order valence-corrected chi connectivity index (χ4v) is 2.93. The molecule has 4 rings (SSSR count). The van der Waals surface area contributed by atoms with Crippen molar-refractivity contribution >= 4 is 16.8 Å². The van der Waals surface area contributed by atoms with Gasteiger partial charge in [-0.3, -0.25) is 14.8 Å². The molecule has 0 aliphatic heterocycles. The number of carbonyl (C=O) groups is 1. The van der Waals surface area contributed by atoms with Gasteiger partial charge in [0.05, 0.1) is 42.8 Å². The molecule has 7 heteroatoms. The molecule has 0 unspecified atom stereocenters. The Kier molecular flexibility index (Phi) is 4.97. The van der Waals surface area contributed by atoms with Crippen molar-refractivity contribution < 1.29 is 9.53 Å². The Morgan fingerprint density at radius 3 is 2.64 bits per heavy atom. The van der Waals surface area contributed by atoms with Crippen molar-refractivity contribution in [2.75, 3.05) is 7.11 Å². The van der Waals surface area contributed by atoms with Crippen molar-refractivity contribution in [3.8, 4) is 11.4 Å². The van der Waals surface area contributed by atoms with Crippen molar-refractivity contribution in [2.45, 2.75) is 13.0 Å². The van der Waals surface area contributed by atoms with Crippen LogP contribution in [-0.4, -0.2) is 32.8 Å². The monoisotopic (exact) mass is 373 g/mol. The normalized spacial score (nSPS) is 10.8. The van der Waals surface area contributed by atoms with Crippen molar-refractivity contribution in [2.24, 2.45) is 0 Å². The number of aromatic nitrogens is 4. The molecular formula is C21H19N5O2. The maximum absolute atomic E-state index is 12.3. The molecule has 28 heavy (non-hydrogen) atoms. The lowest BCUT2D eigenvalue weighted by Crippen LogP contribution is -2.24. The van der Waals surface area contributed by atoms with Crippen molar-refractivity contribution in [1.82, 2.24) is 25.1 Å². The van der Waals surface area contributed by atoms with Gasteiger partial charge >= 0.3 is 0 Å². The van der Waals surface area contributed by atoms with Crippen LogP contribution >= 0.6 is 0 Å². The Hall–Kier alpha value is -3.74. The Bertz CT molecular complexity index is 1090. The zero-order chi connectivity index (χ0) is 19.3. The lowest BCUT2D eigenvalue weighted by atomic mass is 10.2. The van der Waals surface area contributed by atoms with Gasteiger partial charge in [-0.15, -0.1) is 0 Å². The lowest BCUT2D eigenvalue weighted by molar-refractivity contribution is -0.120. The quantitative estimate of drug-likeness (QED) is 0.562. The summed E-state index contributed by atoms with van der Waals surface area (Å²) in [6.45, 7) is 0.463. The predicted molar refractivity (Wildman–Crippen MR) is 105 cm³/mol. The van der Waals surface area contributed by atoms with Crippen LogP contribution in [0.2, 0.25) is 0 Å². The minimum atomic E-state index is -0.0795. The van der Waals surface area contributed by atoms with Crippen LogP contribution in [-0.2, 0) is 17.8 Å². The zero-order valence-electron chi connectivity index (χ0n) is 15.4. The van der Waals surface area contributed by atoms with E-state index in [1.54, 1.807) is 36.6 Å². The number of hydrogen-bond donors (Lipinski definition) is 1. The van der Waals surface area contributed by atoms with Gasteiger partial charge in [0.15, 0.2) is 0 Å². The highest BCUT2D eigenvalue weighted by molar-refractivity contribution is 5.82. The summed E-state index contributed by atoms with van der Waals surface area (Å²) in [5.41, 5.74) is 3.51. The van der Waals surface area contributed by atoms with E-state index >= 15 is 0 Å². The summed E-state index contributed by atoms with van der Waals surface area (Å²) in [5, 5.41) is 8.27. The van der Waals surface area contributed by atoms with Gasteiger partial charge in [-0.05, 0) is 35.9 Å². The smallest absolute Gasteiger partial charge is 0.226 e. The van der Waals surface area contributed by atoms with Crippen LogP contribution in [0.4, 0.5) is 0 Å². The van der Waals surface area contributed by atoms with E-state index in [0.717, 1.165) is 27.9 Å². The summed E-state index contributed by atoms with van der Waals surface area (Å²) in [6.07, 6.45) is 7.17. The van der Waals surface area contributed by atoms with Gasteiger partial charge in [0.2, 0.25) is 5.91 Å². The third kappa shape index (κ3) is 3.83. The number of fused-ring (bicyclic) bond motifs is 1. The number of methoxy groups -OCH3 is 1. The van der Waals surface area contributed by atoms with Crippen LogP contribution in [0.25, 0.3) is 16.6 Å². The number of rotatable bonds is 6. The summed E-state index contributed by atoms with van der Waals surface area (Å²) < 4.78 is 6.94. The Balaban J connectivity index is 1.42. The van der Waals surface area contributed by atoms with Gasteiger partial charge in [-0.1, -0.05) is 12.1 Å². The highest BCUT2D eigenvalue weighted by atomic mass is 16.5. The van der Waals surface area contributed by atoms with E-state index in [-0.39, 0.29) is 12.3 Å². The third-order valence-electron chi connectivity index (χ3n) is 4.41. The maximum atomic E-state index is 12.3. The largest absolute Gasteiger partial charge is 0.497 e. The lowest BCUT2D eigenvalue weighted by Gasteiger charge is -2.07. The second-order valence-corrected chi connectivity index (χ2v) is 6.30. The first-order valence-corrected chi connectivity index (χ1v) is 8.85. The number of hydrogen-bond acceptors (Lipinski definition) is 5. The Morgan fingerprint density at radius 2 is 1.89 bits per heavy atom. The zero-order valence-corrected chi connectivity index (χ0v) is 15.4. The van der Waals surface area contributed by atoms with Gasteiger partial charge in [0.25, 0.3) is 0 Å². The molecule has 7 nitrogen and oxygen atoms in total. The van der Waals surface area contributed by atoms with Crippen LogP contribution in [0, 0.1) is 0 Å². The van der Waals surface area contributed by atoms with E-state index in [1.807, 2.05) is 42.5 Å². The first-order valence-electron chi connectivity index (χ1n) is 8.85. The fourth-order valence-electron chi connectivity index (χ4n) is 2.93. The second-order valence-electron chi connectivity index (χ2n) is 6.30. The average molecular weight is 373 g/mol. The summed E-state index contributed by atoms with van der Waals surface area (Å²) in [6, 6.07) is 13.3. The summed E-state index contributed by atoms with van der Waals surface area (Å²) in [7, 11) is 1.63. The molecule has 1 N–H and O–H groups in total. The molecule has 0 fully saturated rings. The number of pyridine rings is 2. The molecule has 0 atom stereocenters. The minimum absolute atomic E-state index is 0.0795. The van der Waals surface area contributed by atoms with Gasteiger partial charge in [0, 0.05) is 24.3 Å². The molecule has 0 spiro atoms. The second kappa shape index (κ2) is 7.87. The van der Waals surface area contributed by atoms with E-state index < -0.39 is 0 Å². The van der Waals surface area contributed by atoms with Crippen LogP contribution in [0.3, 0.4) is 0 Å². The number of carbonyl (C=O) groups excluding carboxylic acids is 1. The van der Waals surface area contributed by atoms with Gasteiger partial charge in [-0.2, -0.15) is 5.10 Å². The summed E-state index contributed by atoms with van der Waals surface area (Å²) >= 11 is 0. The SMILES string of the molecule is COc1ccc(CNC(=O)Cc2cc3cnn(-c4ccncc4)c3cn2)cc1. The number of nitrogens with zero attached hydrogens (tertiary/aromatic N) is 4. The average Bonchev–Trinajstić information content (AvgIpc) is 3.16. The molecule has 1 amide bonds. The number of amides is 1. The van der Waals surface area contributed by atoms with Crippen LogP contribution in [0.1, 0.15) is 11.3 Å². The summed E-state index contributed by atoms with van der Waals surface area (Å²) in [4.78, 5) is 20.7. The van der Waals surface area contributed by atoms with Crippen LogP contribution in [0.15, 0.2) is 67.3 Å². The third-order valence-corrected chi connectivity index (χ3v) is 4.41. The minimum Gasteiger partial charge on any atom is -0.497 e. The molecule has 140 valence electrons. The molecule has 4 aromatic rings. The molecule has 0 saturated carbocycles. The molecule has 0 aliphatic carbocycles. The summed E-state index contributed by atoms with van der Waals surface area (Å²) in [5.74, 6) is 0.712. The standard InChI is InChI=1S/C21H19N5O2/c1-28-19-4-2-15(3-5-19)12-24-21(27)11-17-10-16-13-25-26(20(16)14-23-17)18-6-8-22-9-7-18/h2-10,13-14H,11-12H2,1H3,(H,24,27). The first kappa shape index (κ1) is 17.7. The topological polar surface area (TPSA) is 81.9 Å². The molecule has 0 bridgehead atoms. The van der Waals surface area contributed by atoms with Crippen LogP contribution in [0.5, 0.6) is 5.75 Å². The van der Waals surface area contributed by atoms with E-state index in [1.165, 1.54) is 0 Å². The fraction of sp³-hybridized carbons (Fsp3) is 0.143. The van der Waals surface area contributed by atoms with Crippen molar-refractivity contribution in [3.05, 3.63) is 78.5 Å². The van der Waals surface area contributed by atoms with Gasteiger partial charge in [0.1, 0.15) is 5.75 Å². The van der Waals surface area contributed by atoms with Crippen LogP contribution < -0.4 is 10.1 Å². The van der Waals surface area contributed by atoms with Crippen molar-refractivity contribution in [1.29, 1.82) is 0 Å². The first-order chi connectivity index (χ1) is 13.7. The van der Waals surface area contributed by atoms with Crippen molar-refractivity contribution in [3.63, 3.8) is 0 Å². The predicted octanol–water partition coefficient (Wildman–Crippen LogP) is 2.68. The molecule has 0 aliphatic rings. The molecule has 0 radical (unpaired) electrons. The van der Waals surface area contributed by atoms with Gasteiger partial charge in [-0.25, -0.2) is 4.68 Å². The highest BCUT2D eigenvalue weighted by Gasteiger charge is 2.09. The molecule has 3 aromatic heterocycles. The van der Waals surface area contributed by atoms with Gasteiger partial charge < -0.3 is 10.1 Å². The molecular weight excluding hydrogens is 354 g/mol. The van der Waals surface area contributed by atoms with E-state index in [2.05, 4.69) is 20.4 Å².